The fourth-order valence-corrected chi connectivity index (χ4v) is 2.27. The fourth-order valence-electron chi connectivity index (χ4n) is 2.15. The first-order valence-electron chi connectivity index (χ1n) is 5.20. The summed E-state index contributed by atoms with van der Waals surface area (Å²) in [4.78, 5) is 8.77. The Morgan fingerprint density at radius 1 is 1.36 bits per heavy atom. The van der Waals surface area contributed by atoms with Crippen molar-refractivity contribution in [1.82, 2.24) is 9.97 Å². The summed E-state index contributed by atoms with van der Waals surface area (Å²) in [6.45, 7) is 2.01. The molecule has 0 unspecified atom stereocenters. The Kier molecular flexibility index (Phi) is 3.02. The molecule has 2 nitrogen and oxygen atoms in total. The van der Waals surface area contributed by atoms with Gasteiger partial charge in [0.2, 0.25) is 0 Å². The molecule has 0 aromatic carbocycles. The Morgan fingerprint density at radius 2 is 2.07 bits per heavy atom. The van der Waals surface area contributed by atoms with Gasteiger partial charge in [-0.1, -0.05) is 12.8 Å². The molecule has 14 heavy (non-hydrogen) atoms. The fraction of sp³-hybridized carbons (Fsp3) is 0.636. The Bertz CT molecular complexity index is 319. The molecule has 3 heteroatoms. The molecule has 1 aromatic heterocycles. The van der Waals surface area contributed by atoms with Crippen LogP contribution in [0.2, 0.25) is 0 Å². The predicted octanol–water partition coefficient (Wildman–Crippen LogP) is 3.18. The van der Waals surface area contributed by atoms with Gasteiger partial charge in [-0.15, -0.1) is 11.6 Å². The number of aryl methyl sites for hydroxylation is 1. The highest BCUT2D eigenvalue weighted by Gasteiger charge is 2.19. The normalized spacial score (nSPS) is 17.6. The van der Waals surface area contributed by atoms with E-state index in [2.05, 4.69) is 16.0 Å². The first-order chi connectivity index (χ1) is 6.79. The van der Waals surface area contributed by atoms with Gasteiger partial charge in [0.15, 0.2) is 0 Å². The number of nitrogens with zero attached hydrogens (tertiary/aromatic N) is 2. The van der Waals surface area contributed by atoms with E-state index in [0.717, 1.165) is 11.5 Å². The lowest BCUT2D eigenvalue weighted by molar-refractivity contribution is 0.685. The van der Waals surface area contributed by atoms with Crippen LogP contribution in [0.15, 0.2) is 6.07 Å². The average Bonchev–Trinajstić information content (AvgIpc) is 2.69. The van der Waals surface area contributed by atoms with Crippen LogP contribution in [0.5, 0.6) is 0 Å². The van der Waals surface area contributed by atoms with Crippen LogP contribution in [0.3, 0.4) is 0 Å². The van der Waals surface area contributed by atoms with E-state index < -0.39 is 0 Å². The van der Waals surface area contributed by atoms with Crippen LogP contribution in [-0.4, -0.2) is 9.97 Å². The molecule has 0 amide bonds. The topological polar surface area (TPSA) is 25.8 Å². The molecule has 0 N–H and O–H groups in total. The van der Waals surface area contributed by atoms with E-state index in [0.29, 0.717) is 11.8 Å². The van der Waals surface area contributed by atoms with Gasteiger partial charge in [0, 0.05) is 17.3 Å². The van der Waals surface area contributed by atoms with Crippen molar-refractivity contribution in [3.05, 3.63) is 23.3 Å². The summed E-state index contributed by atoms with van der Waals surface area (Å²) in [5.41, 5.74) is 2.24. The summed E-state index contributed by atoms with van der Waals surface area (Å²) < 4.78 is 0. The number of alkyl halides is 1. The molecule has 1 heterocycles. The Hall–Kier alpha value is -0.630. The zero-order valence-corrected chi connectivity index (χ0v) is 9.22. The van der Waals surface area contributed by atoms with Crippen LogP contribution >= 0.6 is 11.6 Å². The van der Waals surface area contributed by atoms with E-state index in [1.165, 1.54) is 31.4 Å². The molecule has 0 radical (unpaired) electrons. The minimum Gasteiger partial charge on any atom is -0.237 e. The van der Waals surface area contributed by atoms with Gasteiger partial charge in [-0.05, 0) is 25.8 Å². The van der Waals surface area contributed by atoms with Gasteiger partial charge < -0.3 is 0 Å². The molecule has 2 rings (SSSR count). The van der Waals surface area contributed by atoms with Gasteiger partial charge in [0.25, 0.3) is 0 Å². The summed E-state index contributed by atoms with van der Waals surface area (Å²) >= 11 is 5.75. The minimum absolute atomic E-state index is 0.418. The first-order valence-corrected chi connectivity index (χ1v) is 5.73. The number of aromatic nitrogens is 2. The van der Waals surface area contributed by atoms with Crippen molar-refractivity contribution < 1.29 is 0 Å². The number of halogens is 1. The summed E-state index contributed by atoms with van der Waals surface area (Å²) in [6.07, 6.45) is 5.23. The van der Waals surface area contributed by atoms with Crippen molar-refractivity contribution in [3.63, 3.8) is 0 Å². The van der Waals surface area contributed by atoms with Crippen molar-refractivity contribution in [2.45, 2.75) is 44.4 Å². The lowest BCUT2D eigenvalue weighted by Gasteiger charge is -2.09. The van der Waals surface area contributed by atoms with Crippen molar-refractivity contribution in [1.29, 1.82) is 0 Å². The van der Waals surface area contributed by atoms with Gasteiger partial charge >= 0.3 is 0 Å². The summed E-state index contributed by atoms with van der Waals surface area (Å²) in [5, 5.41) is 0. The SMILES string of the molecule is Cc1cc(C2CCCC2)nc(CCl)n1. The van der Waals surface area contributed by atoms with Gasteiger partial charge in [0.05, 0.1) is 5.88 Å². The Morgan fingerprint density at radius 3 is 2.71 bits per heavy atom. The highest BCUT2D eigenvalue weighted by Crippen LogP contribution is 2.33. The van der Waals surface area contributed by atoms with Crippen LogP contribution < -0.4 is 0 Å². The summed E-state index contributed by atoms with van der Waals surface area (Å²) in [6, 6.07) is 2.10. The molecule has 1 aliphatic rings. The number of rotatable bonds is 2. The van der Waals surface area contributed by atoms with Gasteiger partial charge in [-0.25, -0.2) is 9.97 Å². The zero-order valence-electron chi connectivity index (χ0n) is 8.46. The molecule has 1 fully saturated rings. The van der Waals surface area contributed by atoms with Crippen LogP contribution in [0.25, 0.3) is 0 Å². The van der Waals surface area contributed by atoms with Crippen LogP contribution in [-0.2, 0) is 5.88 Å². The van der Waals surface area contributed by atoms with Gasteiger partial charge in [0.1, 0.15) is 5.82 Å². The number of hydrogen-bond acceptors (Lipinski definition) is 2. The van der Waals surface area contributed by atoms with E-state index in [9.17, 15) is 0 Å². The van der Waals surface area contributed by atoms with Gasteiger partial charge in [-0.2, -0.15) is 0 Å². The smallest absolute Gasteiger partial charge is 0.143 e. The average molecular weight is 211 g/mol. The molecule has 0 spiro atoms. The second kappa shape index (κ2) is 4.26. The molecule has 0 saturated heterocycles. The van der Waals surface area contributed by atoms with Crippen molar-refractivity contribution in [3.8, 4) is 0 Å². The molecular weight excluding hydrogens is 196 g/mol. The molecule has 1 aromatic rings. The summed E-state index contributed by atoms with van der Waals surface area (Å²) in [5.74, 6) is 1.84. The standard InChI is InChI=1S/C11H15ClN2/c1-8-6-10(9-4-2-3-5-9)14-11(7-12)13-8/h6,9H,2-5,7H2,1H3. The maximum Gasteiger partial charge on any atom is 0.143 e. The molecule has 1 saturated carbocycles. The molecule has 0 bridgehead atoms. The Balaban J connectivity index is 2.27. The summed E-state index contributed by atoms with van der Waals surface area (Å²) in [7, 11) is 0. The Labute approximate surface area is 89.7 Å². The van der Waals surface area contributed by atoms with Crippen molar-refractivity contribution in [2.75, 3.05) is 0 Å². The maximum atomic E-state index is 5.75. The highest BCUT2D eigenvalue weighted by atomic mass is 35.5. The van der Waals surface area contributed by atoms with Crippen LogP contribution in [0.1, 0.15) is 48.8 Å². The lowest BCUT2D eigenvalue weighted by atomic mass is 10.0. The molecule has 1 aliphatic carbocycles. The maximum absolute atomic E-state index is 5.75. The minimum atomic E-state index is 0.418. The largest absolute Gasteiger partial charge is 0.237 e. The third-order valence-electron chi connectivity index (χ3n) is 2.81. The van der Waals surface area contributed by atoms with E-state index in [-0.39, 0.29) is 0 Å². The third kappa shape index (κ3) is 2.06. The van der Waals surface area contributed by atoms with Gasteiger partial charge in [-0.3, -0.25) is 0 Å². The quantitative estimate of drug-likeness (QED) is 0.701. The monoisotopic (exact) mass is 210 g/mol. The predicted molar refractivity (Wildman–Crippen MR) is 57.5 cm³/mol. The van der Waals surface area contributed by atoms with Crippen LogP contribution in [0, 0.1) is 6.92 Å². The second-order valence-corrected chi connectivity index (χ2v) is 4.23. The van der Waals surface area contributed by atoms with E-state index >= 15 is 0 Å². The van der Waals surface area contributed by atoms with E-state index in [4.69, 9.17) is 11.6 Å². The van der Waals surface area contributed by atoms with E-state index in [1.807, 2.05) is 6.92 Å². The second-order valence-electron chi connectivity index (χ2n) is 3.97. The zero-order chi connectivity index (χ0) is 9.97. The molecule has 0 atom stereocenters. The third-order valence-corrected chi connectivity index (χ3v) is 3.05. The molecular formula is C11H15ClN2. The number of hydrogen-bond donors (Lipinski definition) is 0. The van der Waals surface area contributed by atoms with Crippen LogP contribution in [0.4, 0.5) is 0 Å². The lowest BCUT2D eigenvalue weighted by Crippen LogP contribution is -2.03. The molecule has 76 valence electrons. The van der Waals surface area contributed by atoms with Crippen molar-refractivity contribution >= 4 is 11.6 Å². The van der Waals surface area contributed by atoms with E-state index in [1.54, 1.807) is 0 Å². The first kappa shape index (κ1) is 9.91. The van der Waals surface area contributed by atoms with Crippen molar-refractivity contribution in [2.24, 2.45) is 0 Å². The molecule has 0 aliphatic heterocycles. The highest BCUT2D eigenvalue weighted by molar-refractivity contribution is 6.16.